The summed E-state index contributed by atoms with van der Waals surface area (Å²) in [5.41, 5.74) is 1.57. The van der Waals surface area contributed by atoms with Crippen molar-refractivity contribution in [3.63, 3.8) is 0 Å². The van der Waals surface area contributed by atoms with E-state index in [9.17, 15) is 4.39 Å². The Morgan fingerprint density at radius 2 is 2.15 bits per heavy atom. The molecule has 4 heteroatoms. The number of nitrogens with zero attached hydrogens (tertiary/aromatic N) is 2. The Morgan fingerprint density at radius 3 is 2.85 bits per heavy atom. The van der Waals surface area contributed by atoms with Crippen molar-refractivity contribution in [3.05, 3.63) is 47.8 Å². The second-order valence-corrected chi connectivity index (χ2v) is 5.33. The molecule has 2 rings (SSSR count). The van der Waals surface area contributed by atoms with Crippen LogP contribution in [0.5, 0.6) is 0 Å². The molecule has 0 aliphatic carbocycles. The zero-order chi connectivity index (χ0) is 14.5. The molecule has 0 saturated carbocycles. The van der Waals surface area contributed by atoms with E-state index in [4.69, 9.17) is 0 Å². The third-order valence-electron chi connectivity index (χ3n) is 3.24. The van der Waals surface area contributed by atoms with Crippen LogP contribution in [0.4, 0.5) is 4.39 Å². The van der Waals surface area contributed by atoms with Gasteiger partial charge < -0.3 is 9.88 Å². The Labute approximate surface area is 119 Å². The number of aromatic nitrogens is 2. The summed E-state index contributed by atoms with van der Waals surface area (Å²) in [6, 6.07) is 5.20. The minimum absolute atomic E-state index is 0.172. The Kier molecular flexibility index (Phi) is 4.90. The molecule has 1 aromatic heterocycles. The van der Waals surface area contributed by atoms with E-state index in [1.807, 2.05) is 16.8 Å². The van der Waals surface area contributed by atoms with Gasteiger partial charge in [-0.05, 0) is 24.6 Å². The predicted molar refractivity (Wildman–Crippen MR) is 79.4 cm³/mol. The van der Waals surface area contributed by atoms with Crippen molar-refractivity contribution in [2.45, 2.75) is 33.7 Å². The monoisotopic (exact) mass is 275 g/mol. The van der Waals surface area contributed by atoms with Crippen LogP contribution >= 0.6 is 0 Å². The summed E-state index contributed by atoms with van der Waals surface area (Å²) in [6.45, 7) is 7.73. The van der Waals surface area contributed by atoms with Gasteiger partial charge in [0.15, 0.2) is 0 Å². The highest BCUT2D eigenvalue weighted by atomic mass is 19.1. The third kappa shape index (κ3) is 3.25. The van der Waals surface area contributed by atoms with Crippen molar-refractivity contribution in [1.29, 1.82) is 0 Å². The number of benzene rings is 1. The van der Waals surface area contributed by atoms with Crippen molar-refractivity contribution in [3.8, 4) is 5.69 Å². The zero-order valence-electron chi connectivity index (χ0n) is 12.4. The van der Waals surface area contributed by atoms with Crippen LogP contribution in [0, 0.1) is 11.7 Å². The topological polar surface area (TPSA) is 29.9 Å². The van der Waals surface area contributed by atoms with Crippen molar-refractivity contribution in [2.24, 2.45) is 5.92 Å². The van der Waals surface area contributed by atoms with E-state index in [0.717, 1.165) is 24.5 Å². The SMILES string of the molecule is CCc1nccn1-c1cccc(F)c1CNCC(C)C. The van der Waals surface area contributed by atoms with Gasteiger partial charge >= 0.3 is 0 Å². The largest absolute Gasteiger partial charge is 0.312 e. The van der Waals surface area contributed by atoms with E-state index in [-0.39, 0.29) is 5.82 Å². The fourth-order valence-corrected chi connectivity index (χ4v) is 2.25. The van der Waals surface area contributed by atoms with E-state index in [1.54, 1.807) is 12.3 Å². The Hall–Kier alpha value is -1.68. The van der Waals surface area contributed by atoms with Gasteiger partial charge in [-0.15, -0.1) is 0 Å². The van der Waals surface area contributed by atoms with Crippen LogP contribution in [-0.4, -0.2) is 16.1 Å². The van der Waals surface area contributed by atoms with E-state index in [2.05, 4.69) is 31.1 Å². The van der Waals surface area contributed by atoms with Crippen molar-refractivity contribution in [1.82, 2.24) is 14.9 Å². The maximum atomic E-state index is 14.1. The van der Waals surface area contributed by atoms with Crippen LogP contribution in [0.15, 0.2) is 30.6 Å². The number of rotatable bonds is 6. The van der Waals surface area contributed by atoms with Crippen LogP contribution in [0.2, 0.25) is 0 Å². The number of aryl methyl sites for hydroxylation is 1. The number of halogens is 1. The number of hydrogen-bond acceptors (Lipinski definition) is 2. The summed E-state index contributed by atoms with van der Waals surface area (Å²) in [4.78, 5) is 4.31. The summed E-state index contributed by atoms with van der Waals surface area (Å²) in [5, 5.41) is 3.31. The summed E-state index contributed by atoms with van der Waals surface area (Å²) in [6.07, 6.45) is 4.47. The molecule has 1 aromatic carbocycles. The molecule has 108 valence electrons. The maximum absolute atomic E-state index is 14.1. The number of nitrogens with one attached hydrogen (secondary N) is 1. The molecule has 2 aromatic rings. The Balaban J connectivity index is 2.31. The van der Waals surface area contributed by atoms with Gasteiger partial charge in [-0.2, -0.15) is 0 Å². The first-order chi connectivity index (χ1) is 9.63. The summed E-state index contributed by atoms with van der Waals surface area (Å²) in [7, 11) is 0. The molecule has 1 heterocycles. The average molecular weight is 275 g/mol. The minimum Gasteiger partial charge on any atom is -0.312 e. The Morgan fingerprint density at radius 1 is 1.35 bits per heavy atom. The highest BCUT2D eigenvalue weighted by molar-refractivity contribution is 5.43. The lowest BCUT2D eigenvalue weighted by molar-refractivity contribution is 0.533. The molecule has 0 spiro atoms. The van der Waals surface area contributed by atoms with Crippen LogP contribution in [0.25, 0.3) is 5.69 Å². The van der Waals surface area contributed by atoms with Gasteiger partial charge in [0.2, 0.25) is 0 Å². The standard InChI is InChI=1S/C16H22FN3/c1-4-16-19-8-9-20(16)15-7-5-6-14(17)13(15)11-18-10-12(2)3/h5-9,12,18H,4,10-11H2,1-3H3. The number of imidazole rings is 1. The lowest BCUT2D eigenvalue weighted by atomic mass is 10.1. The summed E-state index contributed by atoms with van der Waals surface area (Å²) >= 11 is 0. The van der Waals surface area contributed by atoms with E-state index >= 15 is 0 Å². The lowest BCUT2D eigenvalue weighted by Crippen LogP contribution is -2.21. The van der Waals surface area contributed by atoms with Gasteiger partial charge in [-0.25, -0.2) is 9.37 Å². The van der Waals surface area contributed by atoms with E-state index in [1.165, 1.54) is 6.07 Å². The second kappa shape index (κ2) is 6.66. The molecule has 0 aliphatic rings. The first-order valence-electron chi connectivity index (χ1n) is 7.14. The van der Waals surface area contributed by atoms with E-state index in [0.29, 0.717) is 18.0 Å². The van der Waals surface area contributed by atoms with Gasteiger partial charge in [0.25, 0.3) is 0 Å². The lowest BCUT2D eigenvalue weighted by Gasteiger charge is -2.15. The molecule has 3 nitrogen and oxygen atoms in total. The average Bonchev–Trinajstić information content (AvgIpc) is 2.88. The molecule has 0 unspecified atom stereocenters. The van der Waals surface area contributed by atoms with Crippen molar-refractivity contribution >= 4 is 0 Å². The van der Waals surface area contributed by atoms with Crippen LogP contribution in [0.3, 0.4) is 0 Å². The van der Waals surface area contributed by atoms with Crippen molar-refractivity contribution < 1.29 is 4.39 Å². The smallest absolute Gasteiger partial charge is 0.129 e. The molecule has 1 N–H and O–H groups in total. The maximum Gasteiger partial charge on any atom is 0.129 e. The number of hydrogen-bond donors (Lipinski definition) is 1. The summed E-state index contributed by atoms with van der Waals surface area (Å²) < 4.78 is 16.1. The van der Waals surface area contributed by atoms with Crippen molar-refractivity contribution in [2.75, 3.05) is 6.54 Å². The molecule has 0 fully saturated rings. The molecule has 0 bridgehead atoms. The van der Waals surface area contributed by atoms with E-state index < -0.39 is 0 Å². The highest BCUT2D eigenvalue weighted by Gasteiger charge is 2.12. The molecule has 0 atom stereocenters. The second-order valence-electron chi connectivity index (χ2n) is 5.33. The van der Waals surface area contributed by atoms with Crippen LogP contribution in [-0.2, 0) is 13.0 Å². The molecule has 0 radical (unpaired) electrons. The quantitative estimate of drug-likeness (QED) is 0.876. The minimum atomic E-state index is -0.172. The molecular weight excluding hydrogens is 253 g/mol. The molecular formula is C16H22FN3. The fraction of sp³-hybridized carbons (Fsp3) is 0.438. The third-order valence-corrected chi connectivity index (χ3v) is 3.24. The van der Waals surface area contributed by atoms with Gasteiger partial charge in [-0.3, -0.25) is 0 Å². The van der Waals surface area contributed by atoms with Gasteiger partial charge in [0.05, 0.1) is 5.69 Å². The normalized spacial score (nSPS) is 11.2. The van der Waals surface area contributed by atoms with Gasteiger partial charge in [0.1, 0.15) is 11.6 Å². The molecule has 0 amide bonds. The first kappa shape index (κ1) is 14.7. The summed E-state index contributed by atoms with van der Waals surface area (Å²) in [5.74, 6) is 1.32. The van der Waals surface area contributed by atoms with Crippen LogP contribution in [0.1, 0.15) is 32.2 Å². The van der Waals surface area contributed by atoms with Gasteiger partial charge in [-0.1, -0.05) is 26.8 Å². The molecule has 20 heavy (non-hydrogen) atoms. The van der Waals surface area contributed by atoms with Crippen LogP contribution < -0.4 is 5.32 Å². The van der Waals surface area contributed by atoms with Gasteiger partial charge in [0, 0.05) is 30.9 Å². The zero-order valence-corrected chi connectivity index (χ0v) is 12.4. The molecule has 0 saturated heterocycles. The Bertz CT molecular complexity index is 561. The first-order valence-corrected chi connectivity index (χ1v) is 7.14. The predicted octanol–water partition coefficient (Wildman–Crippen LogP) is 3.32. The molecule has 0 aliphatic heterocycles. The fourth-order valence-electron chi connectivity index (χ4n) is 2.25. The highest BCUT2D eigenvalue weighted by Crippen LogP contribution is 2.20.